The molecule has 0 aliphatic heterocycles. The number of aliphatic hydroxyl groups is 1. The van der Waals surface area contributed by atoms with Crippen molar-refractivity contribution in [1.82, 2.24) is 10.6 Å². The third-order valence-electron chi connectivity index (χ3n) is 2.67. The largest absolute Gasteiger partial charge is 1.00 e. The Balaban J connectivity index is -0.00000220. The van der Waals surface area contributed by atoms with Gasteiger partial charge in [0.15, 0.2) is 0 Å². The maximum atomic E-state index is 11.7. The monoisotopic (exact) mass is 402 g/mol. The first-order valence-corrected chi connectivity index (χ1v) is 8.59. The van der Waals surface area contributed by atoms with E-state index in [2.05, 4.69) is 27.8 Å². The smallest absolute Gasteiger partial charge is 0.790 e. The third kappa shape index (κ3) is 14.5. The molecule has 13 heteroatoms. The van der Waals surface area contributed by atoms with E-state index in [-0.39, 0.29) is 78.0 Å². The van der Waals surface area contributed by atoms with Crippen molar-refractivity contribution in [1.29, 1.82) is 0 Å². The molecule has 0 fully saturated rings. The van der Waals surface area contributed by atoms with Gasteiger partial charge in [0, 0.05) is 30.7 Å². The molecule has 0 bridgehead atoms. The molecular formula is C11H21N2Na2O7PS. The molecule has 130 valence electrons. The summed E-state index contributed by atoms with van der Waals surface area (Å²) in [4.78, 5) is 43.9. The quantitative estimate of drug-likeness (QED) is 0.161. The van der Waals surface area contributed by atoms with Gasteiger partial charge in [0.25, 0.3) is 0 Å². The molecule has 0 aromatic rings. The van der Waals surface area contributed by atoms with Crippen molar-refractivity contribution in [2.45, 2.75) is 26.4 Å². The van der Waals surface area contributed by atoms with Crippen molar-refractivity contribution in [3.8, 4) is 0 Å². The second-order valence-corrected chi connectivity index (χ2v) is 6.83. The summed E-state index contributed by atoms with van der Waals surface area (Å²) in [5.74, 6) is -0.568. The topological polar surface area (TPSA) is 151 Å². The van der Waals surface area contributed by atoms with E-state index in [4.69, 9.17) is 0 Å². The Hall–Kier alpha value is 1.36. The van der Waals surface area contributed by atoms with Gasteiger partial charge in [-0.1, -0.05) is 13.8 Å². The molecule has 0 rings (SSSR count). The van der Waals surface area contributed by atoms with Crippen LogP contribution in [-0.2, 0) is 18.7 Å². The zero-order valence-corrected chi connectivity index (χ0v) is 20.2. The summed E-state index contributed by atoms with van der Waals surface area (Å²) < 4.78 is 14.5. The van der Waals surface area contributed by atoms with Gasteiger partial charge in [0.05, 0.1) is 14.4 Å². The fraction of sp³-hybridized carbons (Fsp3) is 0.818. The van der Waals surface area contributed by atoms with Crippen LogP contribution in [0.2, 0.25) is 0 Å². The van der Waals surface area contributed by atoms with Crippen LogP contribution in [0.15, 0.2) is 0 Å². The van der Waals surface area contributed by atoms with Crippen molar-refractivity contribution in [2.24, 2.45) is 5.41 Å². The van der Waals surface area contributed by atoms with Crippen molar-refractivity contribution in [2.75, 3.05) is 25.4 Å². The standard InChI is InChI=1S/C11H23N2O7PS.2Na/c1-11(2,7-20-21(17,18)19)9(15)10(16)13-4-3-8(14)12-5-6-22;;/h9,15,22H,3-7H2,1-2H3,(H,12,14)(H,13,16)(H2,17,18,19);;/q;2*+1/p-2. The first kappa shape index (κ1) is 30.1. The number of thiol groups is 1. The van der Waals surface area contributed by atoms with E-state index < -0.39 is 31.9 Å². The summed E-state index contributed by atoms with van der Waals surface area (Å²) in [6.45, 7) is 2.52. The maximum absolute atomic E-state index is 11.7. The number of hydrogen-bond acceptors (Lipinski definition) is 8. The van der Waals surface area contributed by atoms with Gasteiger partial charge in [0.2, 0.25) is 11.8 Å². The molecule has 0 heterocycles. The van der Waals surface area contributed by atoms with E-state index in [0.29, 0.717) is 12.3 Å². The Labute approximate surface area is 191 Å². The summed E-state index contributed by atoms with van der Waals surface area (Å²) in [6.07, 6.45) is -1.57. The SMILES string of the molecule is CC(C)(COP(=O)([O-])[O-])C(O)C(=O)NCCC(=O)NCCS.[Na+].[Na+]. The number of aliphatic hydroxyl groups excluding tert-OH is 1. The van der Waals surface area contributed by atoms with Crippen LogP contribution >= 0.6 is 20.5 Å². The molecule has 0 saturated carbocycles. The third-order valence-corrected chi connectivity index (χ3v) is 3.34. The molecule has 2 amide bonds. The van der Waals surface area contributed by atoms with E-state index in [0.717, 1.165) is 0 Å². The van der Waals surface area contributed by atoms with Crippen LogP contribution in [-0.4, -0.2) is 48.5 Å². The fourth-order valence-corrected chi connectivity index (χ4v) is 1.96. The maximum Gasteiger partial charge on any atom is 1.00 e. The first-order valence-electron chi connectivity index (χ1n) is 6.49. The molecule has 0 aromatic heterocycles. The van der Waals surface area contributed by atoms with Crippen molar-refractivity contribution in [3.05, 3.63) is 0 Å². The predicted octanol–water partition coefficient (Wildman–Crippen LogP) is -8.22. The zero-order valence-electron chi connectivity index (χ0n) is 14.4. The molecule has 0 aromatic carbocycles. The van der Waals surface area contributed by atoms with Crippen molar-refractivity contribution >= 4 is 32.3 Å². The molecular weight excluding hydrogens is 381 g/mol. The van der Waals surface area contributed by atoms with Crippen molar-refractivity contribution in [3.63, 3.8) is 0 Å². The number of rotatable bonds is 10. The summed E-state index contributed by atoms with van der Waals surface area (Å²) in [7, 11) is -5.18. The molecule has 9 nitrogen and oxygen atoms in total. The Kier molecular flexibility index (Phi) is 18.1. The van der Waals surface area contributed by atoms with Crippen LogP contribution in [0.5, 0.6) is 0 Å². The molecule has 1 atom stereocenters. The first-order chi connectivity index (χ1) is 9.99. The number of phosphoric acid groups is 1. The molecule has 0 saturated heterocycles. The molecule has 0 aliphatic rings. The van der Waals surface area contributed by atoms with Gasteiger partial charge in [-0.15, -0.1) is 0 Å². The second-order valence-electron chi connectivity index (χ2n) is 5.23. The number of carbonyl (C=O) groups is 2. The van der Waals surface area contributed by atoms with E-state index in [1.165, 1.54) is 13.8 Å². The minimum absolute atomic E-state index is 0. The minimum Gasteiger partial charge on any atom is -0.790 e. The summed E-state index contributed by atoms with van der Waals surface area (Å²) in [5.41, 5.74) is -1.29. The number of phosphoric ester groups is 1. The number of hydrogen-bond donors (Lipinski definition) is 4. The number of amides is 2. The summed E-state index contributed by atoms with van der Waals surface area (Å²) in [5, 5.41) is 14.7. The summed E-state index contributed by atoms with van der Waals surface area (Å²) in [6, 6.07) is 0. The van der Waals surface area contributed by atoms with Crippen molar-refractivity contribution < 1.29 is 92.7 Å². The molecule has 0 aliphatic carbocycles. The molecule has 0 spiro atoms. The summed E-state index contributed by atoms with van der Waals surface area (Å²) >= 11 is 3.92. The van der Waals surface area contributed by atoms with Crippen LogP contribution < -0.4 is 79.5 Å². The number of carbonyl (C=O) groups excluding carboxylic acids is 2. The van der Waals surface area contributed by atoms with Gasteiger partial charge in [-0.25, -0.2) is 0 Å². The Morgan fingerprint density at radius 2 is 1.79 bits per heavy atom. The van der Waals surface area contributed by atoms with E-state index in [9.17, 15) is 29.0 Å². The van der Waals surface area contributed by atoms with Crippen LogP contribution in [0.1, 0.15) is 20.3 Å². The average molecular weight is 402 g/mol. The second kappa shape index (κ2) is 14.4. The predicted molar refractivity (Wildman–Crippen MR) is 77.8 cm³/mol. The van der Waals surface area contributed by atoms with Crippen LogP contribution in [0, 0.1) is 5.41 Å². The average Bonchev–Trinajstić information content (AvgIpc) is 2.41. The van der Waals surface area contributed by atoms with E-state index >= 15 is 0 Å². The van der Waals surface area contributed by atoms with Gasteiger partial charge in [-0.2, -0.15) is 12.6 Å². The van der Waals surface area contributed by atoms with Gasteiger partial charge in [-0.3, -0.25) is 9.59 Å². The van der Waals surface area contributed by atoms with Crippen LogP contribution in [0.25, 0.3) is 0 Å². The Morgan fingerprint density at radius 3 is 2.25 bits per heavy atom. The van der Waals surface area contributed by atoms with Crippen LogP contribution in [0.4, 0.5) is 0 Å². The van der Waals surface area contributed by atoms with Gasteiger partial charge in [0.1, 0.15) is 6.10 Å². The Bertz CT molecular complexity index is 437. The molecule has 3 N–H and O–H groups in total. The fourth-order valence-electron chi connectivity index (χ4n) is 1.36. The molecule has 0 radical (unpaired) electrons. The van der Waals surface area contributed by atoms with Gasteiger partial charge < -0.3 is 34.6 Å². The Morgan fingerprint density at radius 1 is 1.25 bits per heavy atom. The van der Waals surface area contributed by atoms with Gasteiger partial charge >= 0.3 is 59.1 Å². The van der Waals surface area contributed by atoms with Crippen LogP contribution in [0.3, 0.4) is 0 Å². The van der Waals surface area contributed by atoms with E-state index in [1.807, 2.05) is 0 Å². The molecule has 24 heavy (non-hydrogen) atoms. The van der Waals surface area contributed by atoms with Gasteiger partial charge in [-0.05, 0) is 0 Å². The number of nitrogens with one attached hydrogen (secondary N) is 2. The van der Waals surface area contributed by atoms with E-state index in [1.54, 1.807) is 0 Å². The zero-order chi connectivity index (χ0) is 17.4. The normalized spacial score (nSPS) is 12.4. The minimum atomic E-state index is -5.18. The molecule has 1 unspecified atom stereocenters.